The first-order chi connectivity index (χ1) is 13.3. The summed E-state index contributed by atoms with van der Waals surface area (Å²) in [6.07, 6.45) is 4.67. The van der Waals surface area contributed by atoms with Gasteiger partial charge < -0.3 is 9.84 Å². The predicted molar refractivity (Wildman–Crippen MR) is 114 cm³/mol. The van der Waals surface area contributed by atoms with Crippen molar-refractivity contribution in [2.45, 2.75) is 51.9 Å². The van der Waals surface area contributed by atoms with Gasteiger partial charge >= 0.3 is 0 Å². The lowest BCUT2D eigenvalue weighted by Gasteiger charge is -2.24. The lowest BCUT2D eigenvalue weighted by molar-refractivity contribution is -0.122. The maximum Gasteiger partial charge on any atom is 0.170 e. The number of carbonyl (C=O) groups is 1. The lowest BCUT2D eigenvalue weighted by Crippen LogP contribution is -2.20. The van der Waals surface area contributed by atoms with Crippen molar-refractivity contribution in [2.75, 3.05) is 6.61 Å². The number of halogens is 2. The first-order valence-electron chi connectivity index (χ1n) is 9.77. The molecule has 1 aliphatic rings. The van der Waals surface area contributed by atoms with Gasteiger partial charge in [-0.05, 0) is 46.7 Å². The maximum atomic E-state index is 12.0. The van der Waals surface area contributed by atoms with E-state index in [9.17, 15) is 9.90 Å². The van der Waals surface area contributed by atoms with Crippen LogP contribution in [-0.4, -0.2) is 17.5 Å². The molecule has 0 radical (unpaired) electrons. The van der Waals surface area contributed by atoms with Gasteiger partial charge in [-0.25, -0.2) is 0 Å². The SMILES string of the molecule is CC(C)c1cc(Cc2c(Cl)cc(OCC(=O)CC3CCC3)cc2Cl)ccc1O. The third-order valence-corrected chi connectivity index (χ3v) is 6.02. The monoisotopic (exact) mass is 420 g/mol. The van der Waals surface area contributed by atoms with Gasteiger partial charge in [0.25, 0.3) is 0 Å². The van der Waals surface area contributed by atoms with Gasteiger partial charge in [0.15, 0.2) is 5.78 Å². The molecule has 2 aromatic rings. The molecule has 0 aromatic heterocycles. The van der Waals surface area contributed by atoms with Crippen LogP contribution in [0, 0.1) is 5.92 Å². The second kappa shape index (κ2) is 9.19. The fourth-order valence-corrected chi connectivity index (χ4v) is 4.05. The van der Waals surface area contributed by atoms with E-state index in [0.29, 0.717) is 40.3 Å². The number of benzene rings is 2. The van der Waals surface area contributed by atoms with Gasteiger partial charge in [-0.2, -0.15) is 0 Å². The average Bonchev–Trinajstić information content (AvgIpc) is 2.60. The molecule has 5 heteroatoms. The third-order valence-electron chi connectivity index (χ3n) is 5.35. The molecular weight excluding hydrogens is 395 g/mol. The number of hydrogen-bond donors (Lipinski definition) is 1. The molecule has 2 aromatic carbocycles. The summed E-state index contributed by atoms with van der Waals surface area (Å²) in [5.41, 5.74) is 2.72. The van der Waals surface area contributed by atoms with Crippen LogP contribution in [0.2, 0.25) is 10.0 Å². The van der Waals surface area contributed by atoms with Gasteiger partial charge in [0.2, 0.25) is 0 Å². The normalized spacial score (nSPS) is 14.2. The molecule has 3 nitrogen and oxygen atoms in total. The molecular formula is C23H26Cl2O3. The van der Waals surface area contributed by atoms with E-state index < -0.39 is 0 Å². The summed E-state index contributed by atoms with van der Waals surface area (Å²) in [6, 6.07) is 8.98. The van der Waals surface area contributed by atoms with Crippen molar-refractivity contribution in [2.24, 2.45) is 5.92 Å². The lowest BCUT2D eigenvalue weighted by atomic mass is 9.82. The van der Waals surface area contributed by atoms with Gasteiger partial charge in [0, 0.05) is 22.9 Å². The number of carbonyl (C=O) groups excluding carboxylic acids is 1. The maximum absolute atomic E-state index is 12.0. The number of Topliss-reactive ketones (excluding diaryl/α,β-unsaturated/α-hetero) is 1. The Bertz CT molecular complexity index is 834. The average molecular weight is 421 g/mol. The summed E-state index contributed by atoms with van der Waals surface area (Å²) in [5.74, 6) is 1.68. The number of hydrogen-bond acceptors (Lipinski definition) is 3. The number of phenolic OH excluding ortho intramolecular Hbond substituents is 1. The molecule has 0 bridgehead atoms. The molecule has 1 N–H and O–H groups in total. The fraction of sp³-hybridized carbons (Fsp3) is 0.435. The molecule has 1 fully saturated rings. The van der Waals surface area contributed by atoms with Gasteiger partial charge in [-0.15, -0.1) is 0 Å². The summed E-state index contributed by atoms with van der Waals surface area (Å²) < 4.78 is 5.62. The van der Waals surface area contributed by atoms with Crippen molar-refractivity contribution >= 4 is 29.0 Å². The Morgan fingerprint density at radius 3 is 2.43 bits per heavy atom. The van der Waals surface area contributed by atoms with E-state index in [1.807, 2.05) is 26.0 Å². The van der Waals surface area contributed by atoms with Crippen molar-refractivity contribution < 1.29 is 14.6 Å². The van der Waals surface area contributed by atoms with Gasteiger partial charge in [-0.3, -0.25) is 4.79 Å². The first-order valence-corrected chi connectivity index (χ1v) is 10.5. The fourth-order valence-electron chi connectivity index (χ4n) is 3.45. The first kappa shape index (κ1) is 21.0. The molecule has 1 saturated carbocycles. The molecule has 0 amide bonds. The molecule has 1 aliphatic carbocycles. The van der Waals surface area contributed by atoms with E-state index in [4.69, 9.17) is 27.9 Å². The van der Waals surface area contributed by atoms with Gasteiger partial charge in [0.05, 0.1) is 0 Å². The summed E-state index contributed by atoms with van der Waals surface area (Å²) in [6.45, 7) is 4.13. The molecule has 0 unspecified atom stereocenters. The Hall–Kier alpha value is -1.71. The molecule has 0 spiro atoms. The number of ketones is 1. The molecule has 0 atom stereocenters. The largest absolute Gasteiger partial charge is 0.508 e. The summed E-state index contributed by atoms with van der Waals surface area (Å²) in [4.78, 5) is 12.0. The highest BCUT2D eigenvalue weighted by molar-refractivity contribution is 6.36. The number of ether oxygens (including phenoxy) is 1. The molecule has 150 valence electrons. The van der Waals surface area contributed by atoms with Crippen LogP contribution in [0.25, 0.3) is 0 Å². The molecule has 28 heavy (non-hydrogen) atoms. The third kappa shape index (κ3) is 5.21. The van der Waals surface area contributed by atoms with Gasteiger partial charge in [-0.1, -0.05) is 68.4 Å². The predicted octanol–water partition coefficient (Wildman–Crippen LogP) is 6.55. The quantitative estimate of drug-likeness (QED) is 0.526. The molecule has 0 saturated heterocycles. The van der Waals surface area contributed by atoms with Crippen LogP contribution in [-0.2, 0) is 11.2 Å². The standard InChI is InChI=1S/C23H26Cl2O3/c1-14(2)19-9-16(6-7-23(19)27)10-20-21(24)11-18(12-22(20)25)28-13-17(26)8-15-4-3-5-15/h6-7,9,11-12,14-15,27H,3-5,8,10,13H2,1-2H3. The number of rotatable bonds is 8. The van der Waals surface area contributed by atoms with Crippen molar-refractivity contribution in [3.8, 4) is 11.5 Å². The van der Waals surface area contributed by atoms with Gasteiger partial charge in [0.1, 0.15) is 18.1 Å². The Kier molecular flexibility index (Phi) is 6.90. The highest BCUT2D eigenvalue weighted by Gasteiger charge is 2.21. The Labute approximate surface area is 176 Å². The van der Waals surface area contributed by atoms with Crippen molar-refractivity contribution in [1.82, 2.24) is 0 Å². The minimum absolute atomic E-state index is 0.0538. The van der Waals surface area contributed by atoms with Crippen LogP contribution in [0.4, 0.5) is 0 Å². The van der Waals surface area contributed by atoms with E-state index in [-0.39, 0.29) is 18.3 Å². The van der Waals surface area contributed by atoms with Crippen LogP contribution in [0.1, 0.15) is 62.1 Å². The van der Waals surface area contributed by atoms with E-state index in [2.05, 4.69) is 0 Å². The molecule has 3 rings (SSSR count). The van der Waals surface area contributed by atoms with E-state index in [0.717, 1.165) is 29.5 Å². The Morgan fingerprint density at radius 2 is 1.86 bits per heavy atom. The zero-order chi connectivity index (χ0) is 20.3. The minimum atomic E-state index is 0.0538. The number of aromatic hydroxyl groups is 1. The zero-order valence-corrected chi connectivity index (χ0v) is 17.8. The van der Waals surface area contributed by atoms with E-state index in [1.54, 1.807) is 18.2 Å². The molecule has 0 aliphatic heterocycles. The Morgan fingerprint density at radius 1 is 1.18 bits per heavy atom. The highest BCUT2D eigenvalue weighted by Crippen LogP contribution is 2.34. The van der Waals surface area contributed by atoms with Crippen LogP contribution in [0.15, 0.2) is 30.3 Å². The summed E-state index contributed by atoms with van der Waals surface area (Å²) >= 11 is 12.9. The molecule has 0 heterocycles. The van der Waals surface area contributed by atoms with E-state index in [1.165, 1.54) is 6.42 Å². The second-order valence-electron chi connectivity index (χ2n) is 7.92. The van der Waals surface area contributed by atoms with Crippen LogP contribution >= 0.6 is 23.2 Å². The zero-order valence-electron chi connectivity index (χ0n) is 16.3. The summed E-state index contributed by atoms with van der Waals surface area (Å²) in [5, 5.41) is 11.0. The second-order valence-corrected chi connectivity index (χ2v) is 8.73. The smallest absolute Gasteiger partial charge is 0.170 e. The van der Waals surface area contributed by atoms with Crippen LogP contribution < -0.4 is 4.74 Å². The van der Waals surface area contributed by atoms with Crippen molar-refractivity contribution in [3.63, 3.8) is 0 Å². The van der Waals surface area contributed by atoms with E-state index >= 15 is 0 Å². The van der Waals surface area contributed by atoms with Crippen molar-refractivity contribution in [1.29, 1.82) is 0 Å². The number of phenols is 1. The Balaban J connectivity index is 1.68. The van der Waals surface area contributed by atoms with Crippen molar-refractivity contribution in [3.05, 3.63) is 57.1 Å². The topological polar surface area (TPSA) is 46.5 Å². The van der Waals surface area contributed by atoms with Crippen LogP contribution in [0.5, 0.6) is 11.5 Å². The van der Waals surface area contributed by atoms with Crippen LogP contribution in [0.3, 0.4) is 0 Å². The minimum Gasteiger partial charge on any atom is -0.508 e. The highest BCUT2D eigenvalue weighted by atomic mass is 35.5. The summed E-state index contributed by atoms with van der Waals surface area (Å²) in [7, 11) is 0.